The topological polar surface area (TPSA) is 39.2 Å². The van der Waals surface area contributed by atoms with Crippen LogP contribution in [0.15, 0.2) is 51.7 Å². The Bertz CT molecular complexity index is 538. The minimum atomic E-state index is -0.389. The van der Waals surface area contributed by atoms with Crippen LogP contribution < -0.4 is 0 Å². The van der Waals surface area contributed by atoms with E-state index in [-0.39, 0.29) is 12.6 Å². The highest BCUT2D eigenvalue weighted by atomic mass is 79.9. The molecule has 0 fully saturated rings. The summed E-state index contributed by atoms with van der Waals surface area (Å²) >= 11 is 6.56. The number of halogens is 2. The minimum Gasteiger partial charge on any atom is -0.457 e. The van der Waals surface area contributed by atoms with Gasteiger partial charge in [-0.25, -0.2) is 4.79 Å². The van der Waals surface area contributed by atoms with Crippen LogP contribution in [0.3, 0.4) is 0 Å². The number of hydrogen-bond acceptors (Lipinski definition) is 3. The Hall–Kier alpha value is -1.20. The molecule has 0 saturated carbocycles. The molecule has 2 rings (SSSR count). The minimum absolute atomic E-state index is 0.251. The maximum atomic E-state index is 11.9. The molecule has 1 aromatic carbocycles. The Balaban J connectivity index is 2.09. The van der Waals surface area contributed by atoms with Gasteiger partial charge in [0.1, 0.15) is 6.61 Å². The molecule has 5 heteroatoms. The first kappa shape index (κ1) is 13.2. The van der Waals surface area contributed by atoms with Gasteiger partial charge in [-0.1, -0.05) is 30.3 Å². The molecular weight excluding hydrogens is 362 g/mol. The van der Waals surface area contributed by atoms with E-state index in [0.29, 0.717) is 14.5 Å². The lowest BCUT2D eigenvalue weighted by molar-refractivity contribution is 0.0470. The number of pyridine rings is 1. The highest BCUT2D eigenvalue weighted by Gasteiger charge is 2.15. The van der Waals surface area contributed by atoms with Crippen molar-refractivity contribution in [2.75, 3.05) is 0 Å². The van der Waals surface area contributed by atoms with Gasteiger partial charge in [0, 0.05) is 12.4 Å². The number of aromatic nitrogens is 1. The molecule has 0 radical (unpaired) electrons. The van der Waals surface area contributed by atoms with Crippen LogP contribution in [0.5, 0.6) is 0 Å². The summed E-state index contributed by atoms with van der Waals surface area (Å²) in [4.78, 5) is 15.9. The van der Waals surface area contributed by atoms with E-state index in [1.165, 1.54) is 0 Å². The second-order valence-electron chi connectivity index (χ2n) is 3.54. The van der Waals surface area contributed by atoms with Crippen molar-refractivity contribution in [3.63, 3.8) is 0 Å². The summed E-state index contributed by atoms with van der Waals surface area (Å²) in [6.45, 7) is 0.251. The van der Waals surface area contributed by atoms with Crippen LogP contribution in [-0.4, -0.2) is 11.0 Å². The zero-order valence-corrected chi connectivity index (χ0v) is 12.4. The van der Waals surface area contributed by atoms with Crippen LogP contribution in [-0.2, 0) is 11.3 Å². The smallest absolute Gasteiger partial charge is 0.340 e. The highest BCUT2D eigenvalue weighted by Crippen LogP contribution is 2.24. The molecule has 18 heavy (non-hydrogen) atoms. The SMILES string of the molecule is O=C(OCc1ccccc1)c1c(Br)cncc1Br. The Morgan fingerprint density at radius 1 is 1.11 bits per heavy atom. The molecule has 0 unspecified atom stereocenters. The van der Waals surface area contributed by atoms with Crippen LogP contribution in [0.1, 0.15) is 15.9 Å². The average Bonchev–Trinajstić information content (AvgIpc) is 2.37. The highest BCUT2D eigenvalue weighted by molar-refractivity contribution is 9.11. The summed E-state index contributed by atoms with van der Waals surface area (Å²) < 4.78 is 6.46. The van der Waals surface area contributed by atoms with E-state index in [4.69, 9.17) is 4.74 Å². The summed E-state index contributed by atoms with van der Waals surface area (Å²) in [5.41, 5.74) is 1.40. The maximum absolute atomic E-state index is 11.9. The second-order valence-corrected chi connectivity index (χ2v) is 5.25. The van der Waals surface area contributed by atoms with Gasteiger partial charge in [-0.3, -0.25) is 4.98 Å². The number of carbonyl (C=O) groups is 1. The molecule has 0 saturated heterocycles. The molecule has 0 atom stereocenters. The van der Waals surface area contributed by atoms with Crippen molar-refractivity contribution in [3.05, 3.63) is 62.8 Å². The molecular formula is C13H9Br2NO2. The van der Waals surface area contributed by atoms with Crippen molar-refractivity contribution in [2.45, 2.75) is 6.61 Å². The van der Waals surface area contributed by atoms with Gasteiger partial charge in [0.25, 0.3) is 0 Å². The fourth-order valence-corrected chi connectivity index (χ4v) is 2.65. The molecule has 0 aliphatic heterocycles. The van der Waals surface area contributed by atoms with Crippen molar-refractivity contribution in [1.82, 2.24) is 4.98 Å². The van der Waals surface area contributed by atoms with E-state index in [2.05, 4.69) is 36.8 Å². The third-order valence-corrected chi connectivity index (χ3v) is 3.47. The van der Waals surface area contributed by atoms with Gasteiger partial charge < -0.3 is 4.74 Å². The van der Waals surface area contributed by atoms with E-state index in [1.54, 1.807) is 12.4 Å². The zero-order valence-electron chi connectivity index (χ0n) is 9.27. The van der Waals surface area contributed by atoms with Gasteiger partial charge in [-0.05, 0) is 37.4 Å². The number of hydrogen-bond donors (Lipinski definition) is 0. The molecule has 0 bridgehead atoms. The maximum Gasteiger partial charge on any atom is 0.340 e. The fraction of sp³-hybridized carbons (Fsp3) is 0.0769. The molecule has 92 valence electrons. The Morgan fingerprint density at radius 3 is 2.33 bits per heavy atom. The summed E-state index contributed by atoms with van der Waals surface area (Å²) in [5, 5.41) is 0. The molecule has 1 aromatic heterocycles. The normalized spacial score (nSPS) is 10.1. The van der Waals surface area contributed by atoms with Gasteiger partial charge in [-0.2, -0.15) is 0 Å². The third kappa shape index (κ3) is 3.17. The molecule has 0 N–H and O–H groups in total. The zero-order chi connectivity index (χ0) is 13.0. The molecule has 1 heterocycles. The quantitative estimate of drug-likeness (QED) is 0.767. The molecule has 0 amide bonds. The van der Waals surface area contributed by atoms with Crippen molar-refractivity contribution in [1.29, 1.82) is 0 Å². The predicted molar refractivity (Wildman–Crippen MR) is 75.2 cm³/mol. The molecule has 0 aliphatic carbocycles. The van der Waals surface area contributed by atoms with Gasteiger partial charge >= 0.3 is 5.97 Å². The van der Waals surface area contributed by atoms with Crippen molar-refractivity contribution in [3.8, 4) is 0 Å². The van der Waals surface area contributed by atoms with E-state index >= 15 is 0 Å². The molecule has 2 aromatic rings. The summed E-state index contributed by atoms with van der Waals surface area (Å²) in [6, 6.07) is 9.54. The first-order valence-corrected chi connectivity index (χ1v) is 6.77. The van der Waals surface area contributed by atoms with Gasteiger partial charge in [0.05, 0.1) is 14.5 Å². The standard InChI is InChI=1S/C13H9Br2NO2/c14-10-6-16-7-11(15)12(10)13(17)18-8-9-4-2-1-3-5-9/h1-7H,8H2. The number of benzene rings is 1. The summed E-state index contributed by atoms with van der Waals surface area (Å²) in [6.07, 6.45) is 3.12. The molecule has 0 aliphatic rings. The van der Waals surface area contributed by atoms with Crippen LogP contribution in [0, 0.1) is 0 Å². The Kier molecular flexibility index (Phi) is 4.49. The largest absolute Gasteiger partial charge is 0.457 e. The Morgan fingerprint density at radius 2 is 1.72 bits per heavy atom. The van der Waals surface area contributed by atoms with Crippen LogP contribution >= 0.6 is 31.9 Å². The number of esters is 1. The van der Waals surface area contributed by atoms with Gasteiger partial charge in [0.2, 0.25) is 0 Å². The number of nitrogens with zero attached hydrogens (tertiary/aromatic N) is 1. The number of rotatable bonds is 3. The van der Waals surface area contributed by atoms with Crippen LogP contribution in [0.4, 0.5) is 0 Å². The lowest BCUT2D eigenvalue weighted by atomic mass is 10.2. The van der Waals surface area contributed by atoms with E-state index in [0.717, 1.165) is 5.56 Å². The van der Waals surface area contributed by atoms with E-state index in [9.17, 15) is 4.79 Å². The monoisotopic (exact) mass is 369 g/mol. The summed E-state index contributed by atoms with van der Waals surface area (Å²) in [7, 11) is 0. The lowest BCUT2D eigenvalue weighted by Crippen LogP contribution is -2.07. The summed E-state index contributed by atoms with van der Waals surface area (Å²) in [5.74, 6) is -0.389. The first-order valence-electron chi connectivity index (χ1n) is 5.18. The van der Waals surface area contributed by atoms with Crippen LogP contribution in [0.2, 0.25) is 0 Å². The van der Waals surface area contributed by atoms with Crippen molar-refractivity contribution < 1.29 is 9.53 Å². The van der Waals surface area contributed by atoms with Gasteiger partial charge in [0.15, 0.2) is 0 Å². The fourth-order valence-electron chi connectivity index (χ4n) is 1.40. The third-order valence-electron chi connectivity index (χ3n) is 2.27. The first-order chi connectivity index (χ1) is 8.68. The molecule has 3 nitrogen and oxygen atoms in total. The second kappa shape index (κ2) is 6.11. The number of ether oxygens (including phenoxy) is 1. The molecule has 0 spiro atoms. The number of carbonyl (C=O) groups excluding carboxylic acids is 1. The predicted octanol–water partition coefficient (Wildman–Crippen LogP) is 3.96. The van der Waals surface area contributed by atoms with Crippen molar-refractivity contribution >= 4 is 37.8 Å². The van der Waals surface area contributed by atoms with Crippen LogP contribution in [0.25, 0.3) is 0 Å². The van der Waals surface area contributed by atoms with E-state index in [1.807, 2.05) is 30.3 Å². The van der Waals surface area contributed by atoms with E-state index < -0.39 is 0 Å². The van der Waals surface area contributed by atoms with Crippen molar-refractivity contribution in [2.24, 2.45) is 0 Å². The van der Waals surface area contributed by atoms with Gasteiger partial charge in [-0.15, -0.1) is 0 Å². The lowest BCUT2D eigenvalue weighted by Gasteiger charge is -2.07. The Labute approximate surface area is 121 Å². The average molecular weight is 371 g/mol.